The lowest BCUT2D eigenvalue weighted by atomic mass is 9.86. The predicted octanol–water partition coefficient (Wildman–Crippen LogP) is 0.768. The normalized spacial score (nSPS) is 18.9. The van der Waals surface area contributed by atoms with Gasteiger partial charge in [0.05, 0.1) is 35.6 Å². The van der Waals surface area contributed by atoms with E-state index in [-0.39, 0.29) is 55.5 Å². The Labute approximate surface area is 211 Å². The molecule has 5 heterocycles. The Balaban J connectivity index is 1.56. The molecule has 0 fully saturated rings. The minimum Gasteiger partial charge on any atom is -0.458 e. The molecule has 2 aromatic heterocycles. The second kappa shape index (κ2) is 8.29. The third-order valence-electron chi connectivity index (χ3n) is 7.60. The van der Waals surface area contributed by atoms with Gasteiger partial charge in [-0.3, -0.25) is 9.59 Å². The van der Waals surface area contributed by atoms with E-state index in [0.717, 1.165) is 16.5 Å². The van der Waals surface area contributed by atoms with E-state index in [1.807, 2.05) is 6.07 Å². The summed E-state index contributed by atoms with van der Waals surface area (Å²) in [5.41, 5.74) is 7.36. The van der Waals surface area contributed by atoms with Crippen molar-refractivity contribution in [1.82, 2.24) is 14.5 Å². The van der Waals surface area contributed by atoms with Gasteiger partial charge in [-0.2, -0.15) is 0 Å². The number of esters is 1. The van der Waals surface area contributed by atoms with Crippen molar-refractivity contribution in [3.05, 3.63) is 50.8 Å². The van der Waals surface area contributed by atoms with Crippen LogP contribution in [0.1, 0.15) is 35.6 Å². The third kappa shape index (κ3) is 3.34. The number of ether oxygens (including phenoxy) is 3. The summed E-state index contributed by atoms with van der Waals surface area (Å²) in [5, 5.41) is 12.0. The number of hydrogen-bond donors (Lipinski definition) is 2. The number of aromatic nitrogens is 2. The number of nitrogens with zero attached hydrogens (tertiary/aromatic N) is 3. The van der Waals surface area contributed by atoms with Crippen LogP contribution in [0, 0.1) is 0 Å². The molecule has 0 saturated carbocycles. The molecule has 0 unspecified atom stereocenters. The zero-order chi connectivity index (χ0) is 26.1. The average molecular weight is 507 g/mol. The molecular formula is C26H26N4O7. The number of rotatable bonds is 5. The molecule has 1 atom stereocenters. The molecule has 11 nitrogen and oxygen atoms in total. The van der Waals surface area contributed by atoms with Gasteiger partial charge >= 0.3 is 5.97 Å². The van der Waals surface area contributed by atoms with E-state index in [9.17, 15) is 19.5 Å². The minimum atomic E-state index is -1.90. The van der Waals surface area contributed by atoms with Crippen molar-refractivity contribution >= 4 is 22.8 Å². The fourth-order valence-corrected chi connectivity index (χ4v) is 5.40. The van der Waals surface area contributed by atoms with Crippen LogP contribution in [0.4, 0.5) is 0 Å². The molecule has 1 amide bonds. The van der Waals surface area contributed by atoms with Gasteiger partial charge in [-0.15, -0.1) is 0 Å². The second-order valence-electron chi connectivity index (χ2n) is 9.51. The van der Waals surface area contributed by atoms with Gasteiger partial charge in [-0.25, -0.2) is 9.78 Å². The molecule has 3 aromatic rings. The molecular weight excluding hydrogens is 480 g/mol. The van der Waals surface area contributed by atoms with Gasteiger partial charge in [0.25, 0.3) is 5.56 Å². The Morgan fingerprint density at radius 1 is 1.19 bits per heavy atom. The van der Waals surface area contributed by atoms with Gasteiger partial charge < -0.3 is 34.5 Å². The number of likely N-dealkylation sites (N-methyl/N-ethyl adjacent to an activating group) is 1. The molecule has 1 aromatic carbocycles. The Bertz CT molecular complexity index is 1560. The summed E-state index contributed by atoms with van der Waals surface area (Å²) in [7, 11) is 1.70. The first kappa shape index (κ1) is 23.4. The average Bonchev–Trinajstić information content (AvgIpc) is 3.51. The summed E-state index contributed by atoms with van der Waals surface area (Å²) < 4.78 is 17.9. The highest BCUT2D eigenvalue weighted by Crippen LogP contribution is 2.43. The lowest BCUT2D eigenvalue weighted by Crippen LogP contribution is -2.44. The number of amides is 1. The maximum atomic E-state index is 13.6. The lowest BCUT2D eigenvalue weighted by Gasteiger charge is -2.31. The molecule has 3 aliphatic rings. The molecule has 0 saturated heterocycles. The Morgan fingerprint density at radius 2 is 1.95 bits per heavy atom. The van der Waals surface area contributed by atoms with Crippen molar-refractivity contribution in [3.63, 3.8) is 0 Å². The molecule has 6 rings (SSSR count). The van der Waals surface area contributed by atoms with Crippen LogP contribution in [-0.4, -0.2) is 58.4 Å². The number of carbonyl (C=O) groups excluding carboxylic acids is 2. The number of aliphatic hydroxyl groups is 1. The lowest BCUT2D eigenvalue weighted by molar-refractivity contribution is -0.172. The van der Waals surface area contributed by atoms with Gasteiger partial charge in [0.2, 0.25) is 12.7 Å². The first-order valence-corrected chi connectivity index (χ1v) is 12.1. The molecule has 0 bridgehead atoms. The Hall–Kier alpha value is -3.96. The zero-order valence-electron chi connectivity index (χ0n) is 20.5. The molecule has 3 N–H and O–H groups in total. The number of pyridine rings is 2. The van der Waals surface area contributed by atoms with Crippen LogP contribution in [-0.2, 0) is 39.5 Å². The van der Waals surface area contributed by atoms with Crippen molar-refractivity contribution in [2.75, 3.05) is 26.9 Å². The maximum Gasteiger partial charge on any atom is 0.343 e. The van der Waals surface area contributed by atoms with Gasteiger partial charge in [-0.05, 0) is 30.5 Å². The predicted molar refractivity (Wildman–Crippen MR) is 131 cm³/mol. The standard InChI is InChI=1S/C26H26N4O7/c1-3-26(34)17-7-19-23-15(10-30(19)24(32)16(17)11-35-25(26)33)13(4-5-29(2)22(31)9-27)14-6-20-21(37-12-36-20)8-18(14)28-23/h6-8,34H,3-5,9-12,27H2,1-2H3/t26-/m0/s1. The fraction of sp³-hybridized carbons (Fsp3) is 0.385. The topological polar surface area (TPSA) is 146 Å². The van der Waals surface area contributed by atoms with Crippen LogP contribution in [0.25, 0.3) is 22.3 Å². The van der Waals surface area contributed by atoms with Crippen LogP contribution in [0.2, 0.25) is 0 Å². The highest BCUT2D eigenvalue weighted by atomic mass is 16.7. The quantitative estimate of drug-likeness (QED) is 0.375. The van der Waals surface area contributed by atoms with Crippen molar-refractivity contribution in [2.45, 2.75) is 38.5 Å². The summed E-state index contributed by atoms with van der Waals surface area (Å²) in [4.78, 5) is 44.6. The smallest absolute Gasteiger partial charge is 0.343 e. The van der Waals surface area contributed by atoms with Crippen molar-refractivity contribution < 1.29 is 28.9 Å². The second-order valence-corrected chi connectivity index (χ2v) is 9.51. The maximum absolute atomic E-state index is 13.6. The van der Waals surface area contributed by atoms with E-state index in [4.69, 9.17) is 24.9 Å². The van der Waals surface area contributed by atoms with E-state index in [1.54, 1.807) is 35.6 Å². The van der Waals surface area contributed by atoms with Gasteiger partial charge in [0.15, 0.2) is 17.1 Å². The van der Waals surface area contributed by atoms with Crippen LogP contribution in [0.15, 0.2) is 23.0 Å². The number of carbonyl (C=O) groups is 2. The van der Waals surface area contributed by atoms with Gasteiger partial charge in [0, 0.05) is 36.2 Å². The summed E-state index contributed by atoms with van der Waals surface area (Å²) in [5.74, 6) is 0.236. The fourth-order valence-electron chi connectivity index (χ4n) is 5.40. The number of fused-ring (bicyclic) bond motifs is 6. The Morgan fingerprint density at radius 3 is 2.68 bits per heavy atom. The first-order valence-electron chi connectivity index (χ1n) is 12.1. The molecule has 0 radical (unpaired) electrons. The summed E-state index contributed by atoms with van der Waals surface area (Å²) in [6.45, 7) is 2.18. The number of benzene rings is 1. The van der Waals surface area contributed by atoms with Gasteiger partial charge in [0.1, 0.15) is 6.61 Å². The van der Waals surface area contributed by atoms with Crippen LogP contribution in [0.3, 0.4) is 0 Å². The minimum absolute atomic E-state index is 0.0654. The first-order chi connectivity index (χ1) is 17.8. The number of nitrogens with two attached hydrogens (primary N) is 1. The number of cyclic esters (lactones) is 1. The molecule has 0 spiro atoms. The monoisotopic (exact) mass is 506 g/mol. The van der Waals surface area contributed by atoms with Crippen molar-refractivity contribution in [2.24, 2.45) is 5.73 Å². The van der Waals surface area contributed by atoms with E-state index in [2.05, 4.69) is 0 Å². The van der Waals surface area contributed by atoms with Gasteiger partial charge in [-0.1, -0.05) is 6.92 Å². The van der Waals surface area contributed by atoms with Crippen LogP contribution >= 0.6 is 0 Å². The summed E-state index contributed by atoms with van der Waals surface area (Å²) >= 11 is 0. The largest absolute Gasteiger partial charge is 0.458 e. The SMILES string of the molecule is CC[C@@]1(O)C(=O)OCc2c1cc1n(c2=O)Cc2c-1nc1cc3c(cc1c2CCN(C)C(=O)CN)OCO3. The van der Waals surface area contributed by atoms with E-state index in [1.165, 1.54) is 0 Å². The molecule has 37 heavy (non-hydrogen) atoms. The highest BCUT2D eigenvalue weighted by molar-refractivity contribution is 5.91. The highest BCUT2D eigenvalue weighted by Gasteiger charge is 2.45. The summed E-state index contributed by atoms with van der Waals surface area (Å²) in [6.07, 6.45) is 0.558. The Kier molecular flexibility index (Phi) is 5.25. The molecule has 0 aliphatic carbocycles. The van der Waals surface area contributed by atoms with Crippen LogP contribution < -0.4 is 20.8 Å². The van der Waals surface area contributed by atoms with E-state index in [0.29, 0.717) is 41.4 Å². The number of hydrogen-bond acceptors (Lipinski definition) is 9. The zero-order valence-corrected chi connectivity index (χ0v) is 20.5. The van der Waals surface area contributed by atoms with Crippen LogP contribution in [0.5, 0.6) is 11.5 Å². The van der Waals surface area contributed by atoms with Crippen molar-refractivity contribution in [1.29, 1.82) is 0 Å². The third-order valence-corrected chi connectivity index (χ3v) is 7.60. The molecule has 11 heteroatoms. The van der Waals surface area contributed by atoms with E-state index >= 15 is 0 Å². The summed E-state index contributed by atoms with van der Waals surface area (Å²) in [6, 6.07) is 5.37. The van der Waals surface area contributed by atoms with Crippen molar-refractivity contribution in [3.8, 4) is 22.9 Å². The molecule has 3 aliphatic heterocycles. The molecule has 192 valence electrons. The van der Waals surface area contributed by atoms with E-state index < -0.39 is 11.6 Å².